The number of hydrogen-bond acceptors (Lipinski definition) is 1. The summed E-state index contributed by atoms with van der Waals surface area (Å²) in [5, 5.41) is 6.80. The fourth-order valence-corrected chi connectivity index (χ4v) is 6.56. The number of rotatable bonds is 4. The highest BCUT2D eigenvalue weighted by molar-refractivity contribution is 6.22. The molecule has 0 fully saturated rings. The van der Waals surface area contributed by atoms with Crippen LogP contribution in [0.15, 0.2) is 140 Å². The minimum absolute atomic E-state index is 0.319. The summed E-state index contributed by atoms with van der Waals surface area (Å²) in [7, 11) is 0. The highest BCUT2D eigenvalue weighted by Crippen LogP contribution is 2.46. The molecule has 0 heterocycles. The summed E-state index contributed by atoms with van der Waals surface area (Å²) in [5.41, 5.74) is 4.55. The Kier molecular flexibility index (Phi) is 6.69. The molecule has 6 heteroatoms. The first-order valence-corrected chi connectivity index (χ1v) is 14.9. The number of benzene rings is 8. The quantitative estimate of drug-likeness (QED) is 0.140. The second-order valence-electron chi connectivity index (χ2n) is 11.5. The molecule has 0 atom stereocenters. The molecule has 47 heavy (non-hydrogen) atoms. The zero-order valence-corrected chi connectivity index (χ0v) is 24.6. The van der Waals surface area contributed by atoms with Crippen LogP contribution in [-0.2, 0) is 0 Å². The molecule has 8 rings (SSSR count). The van der Waals surface area contributed by atoms with Crippen molar-refractivity contribution in [3.63, 3.8) is 0 Å². The van der Waals surface area contributed by atoms with Gasteiger partial charge in [-0.2, -0.15) is 0 Å². The van der Waals surface area contributed by atoms with Crippen molar-refractivity contribution < 1.29 is 26.7 Å². The molecule has 0 unspecified atom stereocenters. The van der Waals surface area contributed by atoms with E-state index in [9.17, 15) is 13.2 Å². The maximum atomic E-state index is 15.2. The van der Waals surface area contributed by atoms with Crippen LogP contribution in [0.25, 0.3) is 76.5 Å². The third-order valence-corrected chi connectivity index (χ3v) is 8.65. The van der Waals surface area contributed by atoms with Crippen molar-refractivity contribution in [3.05, 3.63) is 151 Å². The van der Waals surface area contributed by atoms with E-state index in [0.717, 1.165) is 60.1 Å². The van der Waals surface area contributed by atoms with Gasteiger partial charge in [-0.3, -0.25) is 0 Å². The monoisotopic (exact) mass is 626 g/mol. The van der Waals surface area contributed by atoms with Gasteiger partial charge in [0.2, 0.25) is 0 Å². The average Bonchev–Trinajstić information content (AvgIpc) is 3.07. The molecule has 0 bridgehead atoms. The van der Waals surface area contributed by atoms with Crippen LogP contribution < -0.4 is 4.74 Å². The molecule has 0 saturated carbocycles. The lowest BCUT2D eigenvalue weighted by Crippen LogP contribution is -2.16. The first kappa shape index (κ1) is 28.7. The second-order valence-corrected chi connectivity index (χ2v) is 11.5. The van der Waals surface area contributed by atoms with Crippen molar-refractivity contribution in [2.24, 2.45) is 0 Å². The Bertz CT molecular complexity index is 2500. The molecular weight excluding hydrogens is 603 g/mol. The van der Waals surface area contributed by atoms with Crippen LogP contribution in [-0.4, -0.2) is 6.36 Å². The van der Waals surface area contributed by atoms with E-state index in [4.69, 9.17) is 0 Å². The minimum Gasteiger partial charge on any atom is -0.406 e. The molecule has 0 aliphatic heterocycles. The zero-order chi connectivity index (χ0) is 32.3. The number of fused-ring (bicyclic) bond motifs is 4. The summed E-state index contributed by atoms with van der Waals surface area (Å²) in [4.78, 5) is 0. The maximum Gasteiger partial charge on any atom is 0.573 e. The third-order valence-electron chi connectivity index (χ3n) is 8.65. The largest absolute Gasteiger partial charge is 0.573 e. The lowest BCUT2D eigenvalue weighted by atomic mass is 9.84. The van der Waals surface area contributed by atoms with Crippen LogP contribution in [0.5, 0.6) is 5.75 Å². The third kappa shape index (κ3) is 5.22. The molecular formula is C41H23F5O. The van der Waals surface area contributed by atoms with Gasteiger partial charge in [-0.25, -0.2) is 8.78 Å². The van der Waals surface area contributed by atoms with Gasteiger partial charge in [-0.1, -0.05) is 97.1 Å². The Morgan fingerprint density at radius 3 is 1.36 bits per heavy atom. The van der Waals surface area contributed by atoms with E-state index in [1.807, 2.05) is 103 Å². The van der Waals surface area contributed by atoms with Gasteiger partial charge in [0.25, 0.3) is 0 Å². The summed E-state index contributed by atoms with van der Waals surface area (Å²) < 4.78 is 72.8. The van der Waals surface area contributed by atoms with E-state index in [0.29, 0.717) is 16.3 Å². The van der Waals surface area contributed by atoms with Gasteiger partial charge >= 0.3 is 6.36 Å². The summed E-state index contributed by atoms with van der Waals surface area (Å²) in [6.45, 7) is 0. The van der Waals surface area contributed by atoms with Crippen molar-refractivity contribution in [2.75, 3.05) is 0 Å². The highest BCUT2D eigenvalue weighted by Gasteiger charge is 2.31. The fourth-order valence-electron chi connectivity index (χ4n) is 6.56. The van der Waals surface area contributed by atoms with E-state index in [1.54, 1.807) is 12.1 Å². The lowest BCUT2D eigenvalue weighted by molar-refractivity contribution is -0.274. The summed E-state index contributed by atoms with van der Waals surface area (Å²) >= 11 is 0. The lowest BCUT2D eigenvalue weighted by Gasteiger charge is -2.20. The van der Waals surface area contributed by atoms with Gasteiger partial charge in [0.05, 0.1) is 0 Å². The van der Waals surface area contributed by atoms with E-state index in [1.165, 1.54) is 24.3 Å². The van der Waals surface area contributed by atoms with Gasteiger partial charge in [-0.15, -0.1) is 13.2 Å². The maximum absolute atomic E-state index is 15.2. The van der Waals surface area contributed by atoms with Crippen LogP contribution in [0.4, 0.5) is 22.0 Å². The molecule has 0 aromatic heterocycles. The van der Waals surface area contributed by atoms with Crippen molar-refractivity contribution >= 4 is 43.1 Å². The minimum atomic E-state index is -4.80. The van der Waals surface area contributed by atoms with E-state index < -0.39 is 18.0 Å². The Morgan fingerprint density at radius 2 is 0.830 bits per heavy atom. The zero-order valence-electron chi connectivity index (χ0n) is 24.6. The van der Waals surface area contributed by atoms with Crippen molar-refractivity contribution in [1.82, 2.24) is 0 Å². The number of hydrogen-bond donors (Lipinski definition) is 0. The van der Waals surface area contributed by atoms with Crippen molar-refractivity contribution in [3.8, 4) is 39.1 Å². The molecule has 8 aromatic carbocycles. The SMILES string of the molecule is Fc1cc2c(-c3ccc4ccccc4c3)c3ccc(-c4ccc(OC(F)(F)F)cc4)cc3c(-c3ccc4ccccc4c3)c2cc1F. The van der Waals surface area contributed by atoms with E-state index in [2.05, 4.69) is 4.74 Å². The van der Waals surface area contributed by atoms with Crippen LogP contribution >= 0.6 is 0 Å². The Hall–Kier alpha value is -5.75. The molecule has 1 nitrogen and oxygen atoms in total. The molecule has 0 spiro atoms. The predicted molar refractivity (Wildman–Crippen MR) is 179 cm³/mol. The Morgan fingerprint density at radius 1 is 0.383 bits per heavy atom. The number of ether oxygens (including phenoxy) is 1. The Balaban J connectivity index is 1.46. The standard InChI is InChI=1S/C41H23F5O/c42-37-22-35-36(23-38(37)43)40(31-12-10-25-6-2-4-8-28(25)20-31)34-21-29(26-13-16-32(17-14-26)47-41(44,45)46)15-18-33(34)39(35)30-11-9-24-5-1-3-7-27(24)19-30/h1-23H. The predicted octanol–water partition coefficient (Wildman–Crippen LogP) is 12.5. The molecule has 228 valence electrons. The summed E-state index contributed by atoms with van der Waals surface area (Å²) in [6, 6.07) is 41.9. The van der Waals surface area contributed by atoms with Gasteiger partial charge in [0.1, 0.15) is 5.75 Å². The summed E-state index contributed by atoms with van der Waals surface area (Å²) in [6.07, 6.45) is -4.80. The van der Waals surface area contributed by atoms with Crippen molar-refractivity contribution in [1.29, 1.82) is 0 Å². The number of alkyl halides is 3. The van der Waals surface area contributed by atoms with E-state index >= 15 is 8.78 Å². The van der Waals surface area contributed by atoms with Crippen molar-refractivity contribution in [2.45, 2.75) is 6.36 Å². The molecule has 0 saturated heterocycles. The van der Waals surface area contributed by atoms with Crippen LogP contribution in [0.3, 0.4) is 0 Å². The average molecular weight is 627 g/mol. The normalized spacial score (nSPS) is 11.9. The van der Waals surface area contributed by atoms with E-state index in [-0.39, 0.29) is 5.75 Å². The molecule has 0 N–H and O–H groups in total. The fraction of sp³-hybridized carbons (Fsp3) is 0.0244. The molecule has 8 aromatic rings. The van der Waals surface area contributed by atoms with Crippen LogP contribution in [0.1, 0.15) is 0 Å². The number of halogens is 5. The van der Waals surface area contributed by atoms with Crippen LogP contribution in [0, 0.1) is 11.6 Å². The van der Waals surface area contributed by atoms with Gasteiger partial charge < -0.3 is 4.74 Å². The van der Waals surface area contributed by atoms with Gasteiger partial charge in [0, 0.05) is 0 Å². The smallest absolute Gasteiger partial charge is 0.406 e. The first-order chi connectivity index (χ1) is 22.7. The topological polar surface area (TPSA) is 9.23 Å². The van der Waals surface area contributed by atoms with Gasteiger partial charge in [0.15, 0.2) is 11.6 Å². The Labute approximate surface area is 266 Å². The second kappa shape index (κ2) is 11.0. The molecule has 0 aliphatic carbocycles. The molecule has 0 amide bonds. The summed E-state index contributed by atoms with van der Waals surface area (Å²) in [5.74, 6) is -2.22. The first-order valence-electron chi connectivity index (χ1n) is 14.9. The molecule has 0 radical (unpaired) electrons. The highest BCUT2D eigenvalue weighted by atomic mass is 19.4. The van der Waals surface area contributed by atoms with Crippen LogP contribution in [0.2, 0.25) is 0 Å². The molecule has 0 aliphatic rings. The van der Waals surface area contributed by atoms with Gasteiger partial charge in [-0.05, 0) is 119 Å².